The first kappa shape index (κ1) is 13.0. The molecule has 1 aromatic rings. The van der Waals surface area contributed by atoms with E-state index in [1.807, 2.05) is 7.05 Å². The van der Waals surface area contributed by atoms with Crippen molar-refractivity contribution in [2.24, 2.45) is 5.41 Å². The fraction of sp³-hybridized carbons (Fsp3) is 0.500. The lowest BCUT2D eigenvalue weighted by Crippen LogP contribution is -2.38. The van der Waals surface area contributed by atoms with Gasteiger partial charge in [-0.1, -0.05) is 12.1 Å². The van der Waals surface area contributed by atoms with E-state index in [0.717, 1.165) is 24.9 Å². The number of hydrogen-bond acceptors (Lipinski definition) is 2. The predicted octanol–water partition coefficient (Wildman–Crippen LogP) is 1.78. The second kappa shape index (κ2) is 5.06. The smallest absolute Gasteiger partial charge is 0.230 e. The molecule has 0 heterocycles. The third kappa shape index (κ3) is 2.70. The molecule has 0 unspecified atom stereocenters. The highest BCUT2D eigenvalue weighted by Crippen LogP contribution is 2.46. The van der Waals surface area contributed by atoms with Crippen molar-refractivity contribution in [2.75, 3.05) is 20.6 Å². The molecular weight excluding hydrogens is 231 g/mol. The number of carbonyl (C=O) groups excluding carboxylic acids is 1. The molecule has 0 bridgehead atoms. The van der Waals surface area contributed by atoms with E-state index in [4.69, 9.17) is 0 Å². The molecule has 2 rings (SSSR count). The summed E-state index contributed by atoms with van der Waals surface area (Å²) in [4.78, 5) is 14.0. The van der Waals surface area contributed by atoms with Gasteiger partial charge >= 0.3 is 0 Å². The van der Waals surface area contributed by atoms with Crippen LogP contribution in [0.15, 0.2) is 24.3 Å². The van der Waals surface area contributed by atoms with Gasteiger partial charge in [-0.05, 0) is 37.6 Å². The molecule has 1 saturated carbocycles. The zero-order valence-electron chi connectivity index (χ0n) is 10.9. The first-order valence-corrected chi connectivity index (χ1v) is 6.22. The number of amides is 1. The van der Waals surface area contributed by atoms with Crippen LogP contribution in [-0.4, -0.2) is 31.4 Å². The largest absolute Gasteiger partial charge is 0.341 e. The van der Waals surface area contributed by atoms with E-state index < -0.39 is 0 Å². The van der Waals surface area contributed by atoms with Crippen LogP contribution < -0.4 is 5.32 Å². The second-order valence-electron chi connectivity index (χ2n) is 5.10. The van der Waals surface area contributed by atoms with Crippen LogP contribution in [-0.2, 0) is 11.3 Å². The van der Waals surface area contributed by atoms with Gasteiger partial charge in [-0.2, -0.15) is 0 Å². The van der Waals surface area contributed by atoms with Crippen molar-refractivity contribution in [3.05, 3.63) is 35.6 Å². The summed E-state index contributed by atoms with van der Waals surface area (Å²) in [6.45, 7) is 1.27. The van der Waals surface area contributed by atoms with Gasteiger partial charge in [-0.15, -0.1) is 0 Å². The van der Waals surface area contributed by atoms with Gasteiger partial charge in [0.05, 0.1) is 5.41 Å². The lowest BCUT2D eigenvalue weighted by atomic mass is 10.1. The van der Waals surface area contributed by atoms with Gasteiger partial charge in [0, 0.05) is 20.1 Å². The van der Waals surface area contributed by atoms with Crippen molar-refractivity contribution < 1.29 is 9.18 Å². The van der Waals surface area contributed by atoms with E-state index in [2.05, 4.69) is 5.32 Å². The zero-order valence-corrected chi connectivity index (χ0v) is 10.9. The summed E-state index contributed by atoms with van der Waals surface area (Å²) in [5.41, 5.74) is 0.760. The van der Waals surface area contributed by atoms with E-state index in [9.17, 15) is 9.18 Å². The molecule has 3 nitrogen and oxygen atoms in total. The number of nitrogens with one attached hydrogen (secondary N) is 1. The van der Waals surface area contributed by atoms with Crippen molar-refractivity contribution in [1.29, 1.82) is 0 Å². The molecular formula is C14H19FN2O. The monoisotopic (exact) mass is 250 g/mol. The third-order valence-corrected chi connectivity index (χ3v) is 3.50. The Balaban J connectivity index is 1.97. The standard InChI is InChI=1S/C14H19FN2O/c1-16-10-14(7-8-14)13(18)17(2)9-11-3-5-12(15)6-4-11/h3-6,16H,7-10H2,1-2H3. The maximum atomic E-state index is 12.8. The number of halogens is 1. The van der Waals surface area contributed by atoms with Crippen molar-refractivity contribution in [3.8, 4) is 0 Å². The SMILES string of the molecule is CNCC1(C(=O)N(C)Cc2ccc(F)cc2)CC1. The van der Waals surface area contributed by atoms with Crippen LogP contribution in [0.4, 0.5) is 4.39 Å². The van der Waals surface area contributed by atoms with Crippen LogP contribution in [0.2, 0.25) is 0 Å². The summed E-state index contributed by atoms with van der Waals surface area (Å²) in [6.07, 6.45) is 1.92. The molecule has 0 spiro atoms. The second-order valence-corrected chi connectivity index (χ2v) is 5.10. The molecule has 1 N–H and O–H groups in total. The molecule has 98 valence electrons. The van der Waals surface area contributed by atoms with Gasteiger partial charge in [-0.25, -0.2) is 4.39 Å². The maximum Gasteiger partial charge on any atom is 0.230 e. The van der Waals surface area contributed by atoms with Gasteiger partial charge in [0.1, 0.15) is 5.82 Å². The van der Waals surface area contributed by atoms with Crippen molar-refractivity contribution in [1.82, 2.24) is 10.2 Å². The van der Waals surface area contributed by atoms with Gasteiger partial charge in [-0.3, -0.25) is 4.79 Å². The fourth-order valence-corrected chi connectivity index (χ4v) is 2.30. The van der Waals surface area contributed by atoms with Crippen molar-refractivity contribution in [2.45, 2.75) is 19.4 Å². The van der Waals surface area contributed by atoms with E-state index >= 15 is 0 Å². The summed E-state index contributed by atoms with van der Waals surface area (Å²) in [7, 11) is 3.68. The van der Waals surface area contributed by atoms with Crippen LogP contribution in [0.5, 0.6) is 0 Å². The average Bonchev–Trinajstić information content (AvgIpc) is 3.12. The van der Waals surface area contributed by atoms with E-state index in [1.54, 1.807) is 24.1 Å². The Kier molecular flexibility index (Phi) is 3.66. The van der Waals surface area contributed by atoms with Gasteiger partial charge < -0.3 is 10.2 Å². The lowest BCUT2D eigenvalue weighted by molar-refractivity contribution is -0.136. The Morgan fingerprint density at radius 1 is 1.39 bits per heavy atom. The van der Waals surface area contributed by atoms with Gasteiger partial charge in [0.25, 0.3) is 0 Å². The first-order valence-electron chi connectivity index (χ1n) is 6.22. The highest BCUT2D eigenvalue weighted by molar-refractivity contribution is 5.85. The number of benzene rings is 1. The minimum absolute atomic E-state index is 0.182. The van der Waals surface area contributed by atoms with Crippen LogP contribution in [0.1, 0.15) is 18.4 Å². The summed E-state index contributed by atoms with van der Waals surface area (Å²) in [5.74, 6) is -0.0669. The Bertz CT molecular complexity index is 426. The first-order chi connectivity index (χ1) is 8.57. The quantitative estimate of drug-likeness (QED) is 0.864. The molecule has 0 radical (unpaired) electrons. The number of nitrogens with zero attached hydrogens (tertiary/aromatic N) is 1. The van der Waals surface area contributed by atoms with Crippen LogP contribution in [0.3, 0.4) is 0 Å². The van der Waals surface area contributed by atoms with E-state index in [0.29, 0.717) is 6.54 Å². The molecule has 1 aliphatic rings. The molecule has 1 aromatic carbocycles. The molecule has 1 fully saturated rings. The van der Waals surface area contributed by atoms with E-state index in [1.165, 1.54) is 12.1 Å². The maximum absolute atomic E-state index is 12.8. The molecule has 0 saturated heterocycles. The third-order valence-electron chi connectivity index (χ3n) is 3.50. The lowest BCUT2D eigenvalue weighted by Gasteiger charge is -2.23. The van der Waals surface area contributed by atoms with Crippen LogP contribution >= 0.6 is 0 Å². The molecule has 0 aromatic heterocycles. The molecule has 18 heavy (non-hydrogen) atoms. The topological polar surface area (TPSA) is 32.3 Å². The number of carbonyl (C=O) groups is 1. The summed E-state index contributed by atoms with van der Waals surface area (Å²) >= 11 is 0. The van der Waals surface area contributed by atoms with Crippen molar-refractivity contribution in [3.63, 3.8) is 0 Å². The highest BCUT2D eigenvalue weighted by atomic mass is 19.1. The molecule has 0 aliphatic heterocycles. The minimum Gasteiger partial charge on any atom is -0.341 e. The fourth-order valence-electron chi connectivity index (χ4n) is 2.30. The summed E-state index contributed by atoms with van der Waals surface area (Å²) < 4.78 is 12.8. The molecule has 0 atom stereocenters. The summed E-state index contributed by atoms with van der Waals surface area (Å²) in [5, 5.41) is 3.08. The number of rotatable bonds is 5. The van der Waals surface area contributed by atoms with Crippen LogP contribution in [0, 0.1) is 11.2 Å². The van der Waals surface area contributed by atoms with Crippen LogP contribution in [0.25, 0.3) is 0 Å². The highest BCUT2D eigenvalue weighted by Gasteiger charge is 2.50. The Morgan fingerprint density at radius 2 is 2.00 bits per heavy atom. The summed E-state index contributed by atoms with van der Waals surface area (Å²) in [6, 6.07) is 6.29. The van der Waals surface area contributed by atoms with Crippen molar-refractivity contribution >= 4 is 5.91 Å². The average molecular weight is 250 g/mol. The molecule has 4 heteroatoms. The van der Waals surface area contributed by atoms with E-state index in [-0.39, 0.29) is 17.1 Å². The number of hydrogen-bond donors (Lipinski definition) is 1. The predicted molar refractivity (Wildman–Crippen MR) is 68.5 cm³/mol. The Hall–Kier alpha value is -1.42. The minimum atomic E-state index is -0.249. The molecule has 1 aliphatic carbocycles. The Morgan fingerprint density at radius 3 is 2.50 bits per heavy atom. The Labute approximate surface area is 107 Å². The normalized spacial score (nSPS) is 16.4. The zero-order chi connectivity index (χ0) is 13.2. The van der Waals surface area contributed by atoms with Gasteiger partial charge in [0.15, 0.2) is 0 Å². The molecule has 1 amide bonds. The van der Waals surface area contributed by atoms with Gasteiger partial charge in [0.2, 0.25) is 5.91 Å².